The highest BCUT2D eigenvalue weighted by atomic mass is 16.4. The number of hydrogen-bond donors (Lipinski definition) is 1. The number of aromatic nitrogens is 1. The SMILES string of the molecule is O=C(O)c1ccc2oc(-c3cccc(C=Cc4ccc5ccccc5n4)c3)cc(=O)c2c1. The van der Waals surface area contributed by atoms with E-state index in [9.17, 15) is 9.59 Å². The summed E-state index contributed by atoms with van der Waals surface area (Å²) in [5, 5.41) is 10.5. The highest BCUT2D eigenvalue weighted by Gasteiger charge is 2.10. The van der Waals surface area contributed by atoms with Gasteiger partial charge in [0.15, 0.2) is 5.43 Å². The minimum absolute atomic E-state index is 0.0481. The Kier molecular flexibility index (Phi) is 4.84. The van der Waals surface area contributed by atoms with E-state index >= 15 is 0 Å². The maximum absolute atomic E-state index is 12.6. The standard InChI is InChI=1S/C27H17NO4/c29-24-16-26(32-25-13-10-20(27(30)31)15-22(24)25)19-6-3-4-17(14-19)8-11-21-12-9-18-5-1-2-7-23(18)28-21/h1-16H,(H,30,31). The molecule has 0 saturated carbocycles. The van der Waals surface area contributed by atoms with Crippen LogP contribution in [0.25, 0.3) is 45.3 Å². The summed E-state index contributed by atoms with van der Waals surface area (Å²) in [6.07, 6.45) is 3.90. The summed E-state index contributed by atoms with van der Waals surface area (Å²) >= 11 is 0. The van der Waals surface area contributed by atoms with E-state index in [1.807, 2.05) is 72.8 Å². The number of carboxylic acid groups (broad SMARTS) is 1. The van der Waals surface area contributed by atoms with Crippen molar-refractivity contribution in [2.24, 2.45) is 0 Å². The molecular weight excluding hydrogens is 402 g/mol. The van der Waals surface area contributed by atoms with Crippen LogP contribution in [0.2, 0.25) is 0 Å². The lowest BCUT2D eigenvalue weighted by Crippen LogP contribution is -2.03. The largest absolute Gasteiger partial charge is 0.478 e. The molecule has 0 atom stereocenters. The molecule has 5 nitrogen and oxygen atoms in total. The van der Waals surface area contributed by atoms with Crippen LogP contribution in [0.15, 0.2) is 94.1 Å². The van der Waals surface area contributed by atoms with Gasteiger partial charge in [-0.15, -0.1) is 0 Å². The number of benzene rings is 3. The van der Waals surface area contributed by atoms with Crippen LogP contribution in [0, 0.1) is 0 Å². The predicted molar refractivity (Wildman–Crippen MR) is 126 cm³/mol. The minimum Gasteiger partial charge on any atom is -0.478 e. The number of para-hydroxylation sites is 1. The van der Waals surface area contributed by atoms with Crippen molar-refractivity contribution in [3.05, 3.63) is 112 Å². The van der Waals surface area contributed by atoms with Gasteiger partial charge in [0.05, 0.1) is 22.2 Å². The number of hydrogen-bond acceptors (Lipinski definition) is 4. The normalized spacial score (nSPS) is 11.4. The van der Waals surface area contributed by atoms with E-state index in [1.165, 1.54) is 24.3 Å². The Labute approximate surface area is 182 Å². The van der Waals surface area contributed by atoms with Crippen LogP contribution >= 0.6 is 0 Å². The summed E-state index contributed by atoms with van der Waals surface area (Å²) in [7, 11) is 0. The number of aromatic carboxylic acids is 1. The molecule has 2 heterocycles. The lowest BCUT2D eigenvalue weighted by atomic mass is 10.1. The highest BCUT2D eigenvalue weighted by molar-refractivity contribution is 5.93. The molecule has 0 aliphatic carbocycles. The maximum atomic E-state index is 12.6. The average molecular weight is 419 g/mol. The average Bonchev–Trinajstić information content (AvgIpc) is 2.82. The number of rotatable bonds is 4. The zero-order chi connectivity index (χ0) is 22.1. The molecule has 0 aliphatic rings. The highest BCUT2D eigenvalue weighted by Crippen LogP contribution is 2.24. The summed E-state index contributed by atoms with van der Waals surface area (Å²) in [6.45, 7) is 0. The van der Waals surface area contributed by atoms with Crippen molar-refractivity contribution < 1.29 is 14.3 Å². The molecule has 5 rings (SSSR count). The molecule has 0 aliphatic heterocycles. The van der Waals surface area contributed by atoms with Gasteiger partial charge in [-0.3, -0.25) is 4.79 Å². The molecule has 0 fully saturated rings. The molecule has 0 radical (unpaired) electrons. The van der Waals surface area contributed by atoms with E-state index < -0.39 is 5.97 Å². The van der Waals surface area contributed by atoms with E-state index in [2.05, 4.69) is 4.98 Å². The molecule has 0 saturated heterocycles. The molecule has 154 valence electrons. The molecule has 0 spiro atoms. The Balaban J connectivity index is 1.48. The van der Waals surface area contributed by atoms with Gasteiger partial charge in [0, 0.05) is 17.0 Å². The van der Waals surface area contributed by atoms with Gasteiger partial charge in [0.2, 0.25) is 0 Å². The first kappa shape index (κ1) is 19.5. The first-order valence-electron chi connectivity index (χ1n) is 10.0. The van der Waals surface area contributed by atoms with Crippen molar-refractivity contribution >= 4 is 40.0 Å². The first-order chi connectivity index (χ1) is 15.6. The minimum atomic E-state index is -1.09. The smallest absolute Gasteiger partial charge is 0.335 e. The molecule has 5 aromatic rings. The zero-order valence-corrected chi connectivity index (χ0v) is 16.9. The predicted octanol–water partition coefficient (Wildman–Crippen LogP) is 5.88. The van der Waals surface area contributed by atoms with Gasteiger partial charge in [-0.1, -0.05) is 48.5 Å². The van der Waals surface area contributed by atoms with Gasteiger partial charge < -0.3 is 9.52 Å². The third kappa shape index (κ3) is 3.79. The zero-order valence-electron chi connectivity index (χ0n) is 16.9. The first-order valence-corrected chi connectivity index (χ1v) is 10.0. The molecule has 32 heavy (non-hydrogen) atoms. The third-order valence-electron chi connectivity index (χ3n) is 5.21. The lowest BCUT2D eigenvalue weighted by molar-refractivity contribution is 0.0697. The van der Waals surface area contributed by atoms with Crippen LogP contribution in [-0.4, -0.2) is 16.1 Å². The van der Waals surface area contributed by atoms with E-state index in [-0.39, 0.29) is 16.4 Å². The molecule has 5 heteroatoms. The Morgan fingerprint density at radius 1 is 0.875 bits per heavy atom. The topological polar surface area (TPSA) is 80.4 Å². The fourth-order valence-corrected chi connectivity index (χ4v) is 3.58. The Bertz CT molecular complexity index is 1580. The van der Waals surface area contributed by atoms with E-state index in [0.717, 1.165) is 27.7 Å². The van der Waals surface area contributed by atoms with Crippen LogP contribution in [0.5, 0.6) is 0 Å². The van der Waals surface area contributed by atoms with Crippen molar-refractivity contribution in [3.8, 4) is 11.3 Å². The van der Waals surface area contributed by atoms with Gasteiger partial charge in [-0.25, -0.2) is 9.78 Å². The van der Waals surface area contributed by atoms with Crippen LogP contribution < -0.4 is 5.43 Å². The molecule has 0 unspecified atom stereocenters. The second kappa shape index (κ2) is 7.96. The van der Waals surface area contributed by atoms with Crippen LogP contribution in [0.1, 0.15) is 21.6 Å². The Morgan fingerprint density at radius 3 is 2.62 bits per heavy atom. The summed E-state index contributed by atoms with van der Waals surface area (Å²) in [4.78, 5) is 28.4. The molecule has 0 bridgehead atoms. The fourth-order valence-electron chi connectivity index (χ4n) is 3.58. The summed E-state index contributed by atoms with van der Waals surface area (Å²) in [5.74, 6) is -0.666. The quantitative estimate of drug-likeness (QED) is 0.394. The van der Waals surface area contributed by atoms with Gasteiger partial charge in [-0.05, 0) is 48.0 Å². The summed E-state index contributed by atoms with van der Waals surface area (Å²) in [6, 6.07) is 25.3. The van der Waals surface area contributed by atoms with Crippen molar-refractivity contribution in [2.75, 3.05) is 0 Å². The van der Waals surface area contributed by atoms with Gasteiger partial charge in [-0.2, -0.15) is 0 Å². The molecular formula is C27H17NO4. The number of pyridine rings is 1. The Morgan fingerprint density at radius 2 is 1.75 bits per heavy atom. The van der Waals surface area contributed by atoms with Gasteiger partial charge >= 0.3 is 5.97 Å². The van der Waals surface area contributed by atoms with Crippen LogP contribution in [-0.2, 0) is 0 Å². The van der Waals surface area contributed by atoms with Crippen molar-refractivity contribution in [2.45, 2.75) is 0 Å². The van der Waals surface area contributed by atoms with Crippen molar-refractivity contribution in [1.29, 1.82) is 0 Å². The van der Waals surface area contributed by atoms with E-state index in [4.69, 9.17) is 9.52 Å². The number of carboxylic acids is 1. The number of nitrogens with zero attached hydrogens (tertiary/aromatic N) is 1. The molecule has 2 aromatic heterocycles. The fraction of sp³-hybridized carbons (Fsp3) is 0. The lowest BCUT2D eigenvalue weighted by Gasteiger charge is -2.05. The molecule has 0 amide bonds. The van der Waals surface area contributed by atoms with Crippen LogP contribution in [0.3, 0.4) is 0 Å². The van der Waals surface area contributed by atoms with Crippen molar-refractivity contribution in [1.82, 2.24) is 4.98 Å². The second-order valence-corrected chi connectivity index (χ2v) is 7.38. The van der Waals surface area contributed by atoms with E-state index in [0.29, 0.717) is 11.3 Å². The third-order valence-corrected chi connectivity index (χ3v) is 5.21. The number of fused-ring (bicyclic) bond motifs is 2. The summed E-state index contributed by atoms with van der Waals surface area (Å²) < 4.78 is 5.90. The molecule has 1 N–H and O–H groups in total. The van der Waals surface area contributed by atoms with Gasteiger partial charge in [0.1, 0.15) is 11.3 Å². The molecule has 3 aromatic carbocycles. The number of carbonyl (C=O) groups is 1. The summed E-state index contributed by atoms with van der Waals surface area (Å²) in [5.41, 5.74) is 3.57. The van der Waals surface area contributed by atoms with Gasteiger partial charge in [0.25, 0.3) is 0 Å². The second-order valence-electron chi connectivity index (χ2n) is 7.38. The van der Waals surface area contributed by atoms with Crippen LogP contribution in [0.4, 0.5) is 0 Å². The monoisotopic (exact) mass is 419 g/mol. The maximum Gasteiger partial charge on any atom is 0.335 e. The Hall–Kier alpha value is -4.51. The van der Waals surface area contributed by atoms with Crippen molar-refractivity contribution in [3.63, 3.8) is 0 Å². The van der Waals surface area contributed by atoms with E-state index in [1.54, 1.807) is 0 Å².